The van der Waals surface area contributed by atoms with Crippen molar-refractivity contribution in [3.8, 4) is 5.75 Å². The third kappa shape index (κ3) is 4.31. The minimum absolute atomic E-state index is 0.0134. The monoisotopic (exact) mass is 387 g/mol. The summed E-state index contributed by atoms with van der Waals surface area (Å²) in [4.78, 5) is 27.2. The van der Waals surface area contributed by atoms with E-state index in [0.717, 1.165) is 12.8 Å². The van der Waals surface area contributed by atoms with E-state index in [-0.39, 0.29) is 11.8 Å². The Balaban J connectivity index is 1.42. The number of piperidine rings is 1. The number of nitrogens with zero attached hydrogens (tertiary/aromatic N) is 1. The molecule has 0 saturated carbocycles. The van der Waals surface area contributed by atoms with Crippen LogP contribution in [0.4, 0.5) is 5.69 Å². The fourth-order valence-electron chi connectivity index (χ4n) is 4.69. The lowest BCUT2D eigenvalue weighted by atomic mass is 9.89. The molecule has 7 nitrogen and oxygen atoms in total. The highest BCUT2D eigenvalue weighted by atomic mass is 16.5. The van der Waals surface area contributed by atoms with Crippen LogP contribution in [0.2, 0.25) is 0 Å². The molecule has 7 heteroatoms. The number of hydrogen-bond acceptors (Lipinski definition) is 5. The van der Waals surface area contributed by atoms with Crippen molar-refractivity contribution >= 4 is 17.5 Å². The molecule has 2 bridgehead atoms. The first-order valence-electron chi connectivity index (χ1n) is 10.2. The molecule has 0 radical (unpaired) electrons. The average Bonchev–Trinajstić information content (AvgIpc) is 3.06. The topological polar surface area (TPSA) is 79.9 Å². The second-order valence-electron chi connectivity index (χ2n) is 8.05. The Hall–Kier alpha value is -2.12. The lowest BCUT2D eigenvalue weighted by Gasteiger charge is -2.28. The van der Waals surface area contributed by atoms with Crippen molar-refractivity contribution < 1.29 is 19.1 Å². The maximum absolute atomic E-state index is 12.7. The molecular formula is C21H29N3O4. The van der Waals surface area contributed by atoms with Gasteiger partial charge in [-0.25, -0.2) is 0 Å². The minimum Gasteiger partial charge on any atom is -0.495 e. The molecule has 3 aliphatic rings. The van der Waals surface area contributed by atoms with E-state index in [1.807, 2.05) is 0 Å². The number of anilines is 1. The van der Waals surface area contributed by atoms with Crippen LogP contribution in [-0.4, -0.2) is 62.2 Å². The smallest absolute Gasteiger partial charge is 0.254 e. The van der Waals surface area contributed by atoms with Crippen molar-refractivity contribution in [1.29, 1.82) is 0 Å². The molecule has 3 heterocycles. The normalized spacial score (nSPS) is 26.8. The van der Waals surface area contributed by atoms with E-state index in [2.05, 4.69) is 10.6 Å². The summed E-state index contributed by atoms with van der Waals surface area (Å²) in [6.45, 7) is 2.29. The fourth-order valence-corrected chi connectivity index (χ4v) is 4.69. The fraction of sp³-hybridized carbons (Fsp3) is 0.619. The molecule has 1 aromatic carbocycles. The maximum atomic E-state index is 12.7. The standard InChI is InChI=1S/C21H29N3O4/c1-27-19-5-2-15(21(26)24-6-8-28-9-7-24)13-18(19)23-20(25)12-14-10-16-3-4-17(11-14)22-16/h2,5,13-14,16-17,22H,3-4,6-12H2,1H3,(H,23,25). The van der Waals surface area contributed by atoms with Crippen LogP contribution in [-0.2, 0) is 9.53 Å². The zero-order valence-electron chi connectivity index (χ0n) is 16.4. The SMILES string of the molecule is COc1ccc(C(=O)N2CCOCC2)cc1NC(=O)CC1CC2CCC(C1)N2. The second kappa shape index (κ2) is 8.49. The zero-order chi connectivity index (χ0) is 19.5. The average molecular weight is 387 g/mol. The van der Waals surface area contributed by atoms with Gasteiger partial charge in [0.25, 0.3) is 5.91 Å². The number of nitrogens with one attached hydrogen (secondary N) is 2. The van der Waals surface area contributed by atoms with Gasteiger partial charge in [-0.2, -0.15) is 0 Å². The highest BCUT2D eigenvalue weighted by Gasteiger charge is 2.34. The highest BCUT2D eigenvalue weighted by Crippen LogP contribution is 2.33. The Morgan fingerprint density at radius 1 is 1.21 bits per heavy atom. The molecule has 3 saturated heterocycles. The van der Waals surface area contributed by atoms with Gasteiger partial charge in [-0.05, 0) is 49.8 Å². The summed E-state index contributed by atoms with van der Waals surface area (Å²) >= 11 is 0. The van der Waals surface area contributed by atoms with Crippen molar-refractivity contribution in [2.75, 3.05) is 38.7 Å². The number of methoxy groups -OCH3 is 1. The number of rotatable bonds is 5. The third-order valence-electron chi connectivity index (χ3n) is 6.06. The number of ether oxygens (including phenoxy) is 2. The maximum Gasteiger partial charge on any atom is 0.254 e. The van der Waals surface area contributed by atoms with Crippen LogP contribution in [0.5, 0.6) is 5.75 Å². The Morgan fingerprint density at radius 3 is 2.61 bits per heavy atom. The number of benzene rings is 1. The third-order valence-corrected chi connectivity index (χ3v) is 6.06. The lowest BCUT2D eigenvalue weighted by molar-refractivity contribution is -0.117. The quantitative estimate of drug-likeness (QED) is 0.808. The Morgan fingerprint density at radius 2 is 1.93 bits per heavy atom. The van der Waals surface area contributed by atoms with Crippen LogP contribution in [0.3, 0.4) is 0 Å². The first-order chi connectivity index (χ1) is 13.6. The van der Waals surface area contributed by atoms with Gasteiger partial charge in [0, 0.05) is 37.2 Å². The molecule has 2 N–H and O–H groups in total. The van der Waals surface area contributed by atoms with Crippen LogP contribution in [0.15, 0.2) is 18.2 Å². The van der Waals surface area contributed by atoms with Crippen LogP contribution < -0.4 is 15.4 Å². The molecule has 0 aliphatic carbocycles. The van der Waals surface area contributed by atoms with Crippen LogP contribution in [0, 0.1) is 5.92 Å². The molecule has 4 rings (SSSR count). The molecule has 2 amide bonds. The van der Waals surface area contributed by atoms with Crippen molar-refractivity contribution in [1.82, 2.24) is 10.2 Å². The Bertz CT molecular complexity index is 720. The van der Waals surface area contributed by atoms with E-state index in [9.17, 15) is 9.59 Å². The van der Waals surface area contributed by atoms with Gasteiger partial charge in [0.15, 0.2) is 0 Å². The van der Waals surface area contributed by atoms with Crippen molar-refractivity contribution in [2.45, 2.75) is 44.2 Å². The van der Waals surface area contributed by atoms with Crippen LogP contribution >= 0.6 is 0 Å². The summed E-state index contributed by atoms with van der Waals surface area (Å²) in [5, 5.41) is 6.59. The molecule has 3 fully saturated rings. The number of morpholine rings is 1. The first-order valence-corrected chi connectivity index (χ1v) is 10.2. The van der Waals surface area contributed by atoms with Crippen molar-refractivity contribution in [2.24, 2.45) is 5.92 Å². The molecular weight excluding hydrogens is 358 g/mol. The van der Waals surface area contributed by atoms with Gasteiger partial charge in [-0.1, -0.05) is 0 Å². The molecule has 28 heavy (non-hydrogen) atoms. The Labute approximate surface area is 165 Å². The van der Waals surface area contributed by atoms with Gasteiger partial charge in [0.1, 0.15) is 5.75 Å². The summed E-state index contributed by atoms with van der Waals surface area (Å²) in [7, 11) is 1.57. The largest absolute Gasteiger partial charge is 0.495 e. The molecule has 2 atom stereocenters. The van der Waals surface area contributed by atoms with Gasteiger partial charge in [-0.3, -0.25) is 9.59 Å². The number of amides is 2. The summed E-state index contributed by atoms with van der Waals surface area (Å²) in [5.41, 5.74) is 1.11. The van der Waals surface area contributed by atoms with Crippen LogP contribution in [0.1, 0.15) is 42.5 Å². The molecule has 0 spiro atoms. The second-order valence-corrected chi connectivity index (χ2v) is 8.05. The van der Waals surface area contributed by atoms with E-state index in [1.54, 1.807) is 30.2 Å². The van der Waals surface area contributed by atoms with Gasteiger partial charge < -0.3 is 25.0 Å². The Kier molecular flexibility index (Phi) is 5.82. The molecule has 152 valence electrons. The zero-order valence-corrected chi connectivity index (χ0v) is 16.4. The molecule has 2 unspecified atom stereocenters. The van der Waals surface area contributed by atoms with Gasteiger partial charge in [-0.15, -0.1) is 0 Å². The summed E-state index contributed by atoms with van der Waals surface area (Å²) in [6, 6.07) is 6.35. The van der Waals surface area contributed by atoms with Gasteiger partial charge in [0.05, 0.1) is 26.0 Å². The molecule has 0 aromatic heterocycles. The van der Waals surface area contributed by atoms with Crippen LogP contribution in [0.25, 0.3) is 0 Å². The van der Waals surface area contributed by atoms with Gasteiger partial charge >= 0.3 is 0 Å². The van der Waals surface area contributed by atoms with Gasteiger partial charge in [0.2, 0.25) is 5.91 Å². The predicted molar refractivity (Wildman–Crippen MR) is 106 cm³/mol. The summed E-state index contributed by atoms with van der Waals surface area (Å²) in [5.74, 6) is 0.928. The number of carbonyl (C=O) groups excluding carboxylic acids is 2. The molecule has 3 aliphatic heterocycles. The van der Waals surface area contributed by atoms with Crippen molar-refractivity contribution in [3.05, 3.63) is 23.8 Å². The highest BCUT2D eigenvalue weighted by molar-refractivity contribution is 5.98. The predicted octanol–water partition coefficient (Wildman–Crippen LogP) is 2.03. The van der Waals surface area contributed by atoms with E-state index < -0.39 is 0 Å². The lowest BCUT2D eigenvalue weighted by Crippen LogP contribution is -2.40. The summed E-state index contributed by atoms with van der Waals surface area (Å²) < 4.78 is 10.7. The first kappa shape index (κ1) is 19.2. The number of hydrogen-bond donors (Lipinski definition) is 2. The molecule has 1 aromatic rings. The number of carbonyl (C=O) groups is 2. The van der Waals surface area contributed by atoms with Crippen molar-refractivity contribution in [3.63, 3.8) is 0 Å². The van der Waals surface area contributed by atoms with E-state index in [4.69, 9.17) is 9.47 Å². The minimum atomic E-state index is -0.0450. The number of fused-ring (bicyclic) bond motifs is 2. The van der Waals surface area contributed by atoms with E-state index >= 15 is 0 Å². The van der Waals surface area contributed by atoms with E-state index in [1.165, 1.54) is 12.8 Å². The van der Waals surface area contributed by atoms with E-state index in [0.29, 0.717) is 67.7 Å². The summed E-state index contributed by atoms with van der Waals surface area (Å²) in [6.07, 6.45) is 5.09.